The number of hydrogen-bond acceptors (Lipinski definition) is 2. The molecule has 0 amide bonds. The lowest BCUT2D eigenvalue weighted by Crippen LogP contribution is -3.00. The van der Waals surface area contributed by atoms with Crippen molar-refractivity contribution in [1.82, 2.24) is 4.90 Å². The van der Waals surface area contributed by atoms with Crippen LogP contribution in [0.3, 0.4) is 0 Å². The molecule has 82 valence electrons. The van der Waals surface area contributed by atoms with Gasteiger partial charge in [0.05, 0.1) is 6.54 Å². The van der Waals surface area contributed by atoms with Gasteiger partial charge >= 0.3 is 1.43 Å². The zero-order valence-electron chi connectivity index (χ0n) is 9.66. The van der Waals surface area contributed by atoms with Gasteiger partial charge in [0, 0.05) is 13.0 Å². The number of likely N-dealkylation sites (tertiary alicyclic amines) is 1. The van der Waals surface area contributed by atoms with Gasteiger partial charge in [0.1, 0.15) is 5.78 Å². The number of carbonyl (C=O) groups is 1. The van der Waals surface area contributed by atoms with Crippen molar-refractivity contribution in [1.29, 1.82) is 0 Å². The minimum absolute atomic E-state index is 0. The fraction of sp³-hybridized carbons (Fsp3) is 0.417. The topological polar surface area (TPSA) is 20.3 Å². The molecule has 1 aliphatic heterocycles. The van der Waals surface area contributed by atoms with E-state index in [4.69, 9.17) is 0 Å². The number of halogens is 1. The van der Waals surface area contributed by atoms with E-state index >= 15 is 0 Å². The summed E-state index contributed by atoms with van der Waals surface area (Å²) in [7, 11) is 0. The molecule has 1 aliphatic rings. The van der Waals surface area contributed by atoms with E-state index in [1.54, 1.807) is 0 Å². The monoisotopic (exact) mass is 225 g/mol. The maximum atomic E-state index is 11.2. The Morgan fingerprint density at radius 1 is 1.27 bits per heavy atom. The van der Waals surface area contributed by atoms with E-state index in [1.165, 1.54) is 5.56 Å². The molecule has 2 rings (SSSR count). The molecule has 0 atom stereocenters. The Hall–Kier alpha value is -0.860. The number of nitrogens with zero attached hydrogens (tertiary/aromatic N) is 1. The molecule has 0 aliphatic carbocycles. The van der Waals surface area contributed by atoms with Crippen molar-refractivity contribution in [3.8, 4) is 0 Å². The molecule has 0 aromatic heterocycles. The highest BCUT2D eigenvalue weighted by molar-refractivity contribution is 5.81. The number of benzene rings is 1. The summed E-state index contributed by atoms with van der Waals surface area (Å²) >= 11 is 0. The quantitative estimate of drug-likeness (QED) is 0.642. The second-order valence-electron chi connectivity index (χ2n) is 3.84. The molecule has 1 fully saturated rings. The highest BCUT2D eigenvalue weighted by Crippen LogP contribution is 2.10. The third-order valence-corrected chi connectivity index (χ3v) is 2.58. The van der Waals surface area contributed by atoms with E-state index in [0.717, 1.165) is 25.9 Å². The Labute approximate surface area is 98.2 Å². The molecule has 0 N–H and O–H groups in total. The average molecular weight is 226 g/mol. The first-order valence-corrected chi connectivity index (χ1v) is 5.12. The highest BCUT2D eigenvalue weighted by atomic mass is 35.5. The smallest absolute Gasteiger partial charge is 1.00 e. The van der Waals surface area contributed by atoms with Crippen LogP contribution in [-0.2, 0) is 11.3 Å². The molecular formula is C12H16ClNO. The summed E-state index contributed by atoms with van der Waals surface area (Å²) in [6.07, 6.45) is 1.79. The Kier molecular flexibility index (Phi) is 4.79. The molecule has 0 radical (unpaired) electrons. The van der Waals surface area contributed by atoms with E-state index in [0.29, 0.717) is 12.3 Å². The van der Waals surface area contributed by atoms with Gasteiger partial charge < -0.3 is 12.4 Å². The van der Waals surface area contributed by atoms with E-state index in [-0.39, 0.29) is 13.8 Å². The highest BCUT2D eigenvalue weighted by Gasteiger charge is 2.16. The minimum Gasteiger partial charge on any atom is -1.00 e. The Morgan fingerprint density at radius 2 is 2.00 bits per heavy atom. The van der Waals surface area contributed by atoms with Crippen molar-refractivity contribution < 1.29 is 18.6 Å². The lowest BCUT2D eigenvalue weighted by Gasteiger charge is -2.25. The number of piperidine rings is 1. The molecule has 1 aromatic carbocycles. The molecular weight excluding hydrogens is 210 g/mol. The van der Waals surface area contributed by atoms with Crippen molar-refractivity contribution in [2.45, 2.75) is 19.4 Å². The van der Waals surface area contributed by atoms with Crippen LogP contribution in [-0.4, -0.2) is 23.8 Å². The molecule has 0 unspecified atom stereocenters. The number of rotatable bonds is 2. The summed E-state index contributed by atoms with van der Waals surface area (Å²) in [5, 5.41) is 0. The van der Waals surface area contributed by atoms with Gasteiger partial charge in [-0.2, -0.15) is 0 Å². The second kappa shape index (κ2) is 5.89. The molecule has 3 heteroatoms. The molecule has 15 heavy (non-hydrogen) atoms. The summed E-state index contributed by atoms with van der Waals surface area (Å²) < 4.78 is 0. The number of Topliss-reactive ketones (excluding diaryl/α,β-unsaturated/α-hetero) is 1. The van der Waals surface area contributed by atoms with Gasteiger partial charge in [-0.3, -0.25) is 9.69 Å². The Bertz CT molecular complexity index is 318. The molecule has 0 bridgehead atoms. The summed E-state index contributed by atoms with van der Waals surface area (Å²) in [6, 6.07) is 10.3. The van der Waals surface area contributed by atoms with Gasteiger partial charge in [-0.1, -0.05) is 30.3 Å². The third kappa shape index (κ3) is 3.65. The maximum Gasteiger partial charge on any atom is 1.00 e. The molecule has 1 aromatic rings. The lowest BCUT2D eigenvalue weighted by atomic mass is 10.1. The van der Waals surface area contributed by atoms with Gasteiger partial charge in [0.25, 0.3) is 0 Å². The molecule has 0 spiro atoms. The summed E-state index contributed by atoms with van der Waals surface area (Å²) in [4.78, 5) is 13.4. The van der Waals surface area contributed by atoms with Crippen LogP contribution >= 0.6 is 0 Å². The average Bonchev–Trinajstić information content (AvgIpc) is 2.19. The zero-order valence-corrected chi connectivity index (χ0v) is 9.41. The van der Waals surface area contributed by atoms with E-state index in [2.05, 4.69) is 17.0 Å². The van der Waals surface area contributed by atoms with E-state index in [9.17, 15) is 4.79 Å². The van der Waals surface area contributed by atoms with Crippen LogP contribution in [0, 0.1) is 0 Å². The minimum atomic E-state index is 0. The van der Waals surface area contributed by atoms with Gasteiger partial charge in [0.2, 0.25) is 0 Å². The van der Waals surface area contributed by atoms with E-state index < -0.39 is 0 Å². The van der Waals surface area contributed by atoms with Crippen LogP contribution < -0.4 is 12.4 Å². The molecule has 1 heterocycles. The van der Waals surface area contributed by atoms with Crippen LogP contribution in [0.5, 0.6) is 0 Å². The number of ketones is 1. The van der Waals surface area contributed by atoms with Gasteiger partial charge in [-0.15, -0.1) is 0 Å². The predicted molar refractivity (Wildman–Crippen MR) is 57.1 cm³/mol. The number of hydrogen-bond donors (Lipinski definition) is 0. The fourth-order valence-corrected chi connectivity index (χ4v) is 1.88. The summed E-state index contributed by atoms with van der Waals surface area (Å²) in [6.45, 7) is 2.60. The van der Waals surface area contributed by atoms with Crippen molar-refractivity contribution in [2.75, 3.05) is 13.1 Å². The first kappa shape index (κ1) is 12.2. The normalized spacial score (nSPS) is 17.2. The Morgan fingerprint density at radius 3 is 2.67 bits per heavy atom. The van der Waals surface area contributed by atoms with Crippen molar-refractivity contribution >= 4 is 5.78 Å². The fourth-order valence-electron chi connectivity index (χ4n) is 1.88. The largest absolute Gasteiger partial charge is 1.00 e. The standard InChI is InChI=1S/C12H15NO.ClH/c14-12-7-4-8-13(10-12)9-11-5-2-1-3-6-11;/h1-3,5-6H,4,7-10H2;1H. The van der Waals surface area contributed by atoms with Crippen molar-refractivity contribution in [3.63, 3.8) is 0 Å². The first-order chi connectivity index (χ1) is 6.84. The van der Waals surface area contributed by atoms with Crippen LogP contribution in [0.15, 0.2) is 30.3 Å². The second-order valence-corrected chi connectivity index (χ2v) is 3.84. The third-order valence-electron chi connectivity index (χ3n) is 2.58. The first-order valence-electron chi connectivity index (χ1n) is 5.12. The zero-order chi connectivity index (χ0) is 9.80. The molecule has 0 saturated carbocycles. The lowest BCUT2D eigenvalue weighted by molar-refractivity contribution is -0.122. The Balaban J connectivity index is 0.00000112. The predicted octanol–water partition coefficient (Wildman–Crippen LogP) is -1.03. The molecule has 1 saturated heterocycles. The summed E-state index contributed by atoms with van der Waals surface area (Å²) in [5.74, 6) is 0.382. The van der Waals surface area contributed by atoms with E-state index in [1.807, 2.05) is 18.2 Å². The van der Waals surface area contributed by atoms with Crippen LogP contribution in [0.25, 0.3) is 0 Å². The van der Waals surface area contributed by atoms with Crippen LogP contribution in [0.2, 0.25) is 0 Å². The number of carbonyl (C=O) groups excluding carboxylic acids is 1. The van der Waals surface area contributed by atoms with Crippen molar-refractivity contribution in [2.24, 2.45) is 0 Å². The summed E-state index contributed by atoms with van der Waals surface area (Å²) in [5.41, 5.74) is 1.29. The van der Waals surface area contributed by atoms with Gasteiger partial charge in [-0.05, 0) is 18.5 Å². The van der Waals surface area contributed by atoms with Gasteiger partial charge in [0.15, 0.2) is 0 Å². The van der Waals surface area contributed by atoms with Crippen LogP contribution in [0.1, 0.15) is 19.8 Å². The molecule has 2 nitrogen and oxygen atoms in total. The van der Waals surface area contributed by atoms with Crippen LogP contribution in [0.4, 0.5) is 0 Å². The van der Waals surface area contributed by atoms with Gasteiger partial charge in [-0.25, -0.2) is 0 Å². The SMILES string of the molecule is O=C1CCCN(Cc2ccccc2)C1.[Cl-].[H+]. The van der Waals surface area contributed by atoms with Crippen molar-refractivity contribution in [3.05, 3.63) is 35.9 Å². The maximum absolute atomic E-state index is 11.2.